The monoisotopic (exact) mass is 358 g/mol. The summed E-state index contributed by atoms with van der Waals surface area (Å²) in [5, 5.41) is 0. The number of alkyl halides is 9. The largest absolute Gasteiger partial charge is 0.573 e. The molecule has 0 unspecified atom stereocenters. The van der Waals surface area contributed by atoms with Crippen molar-refractivity contribution >= 4 is 6.29 Å². The van der Waals surface area contributed by atoms with Gasteiger partial charge < -0.3 is 14.2 Å². The first kappa shape index (κ1) is 18.7. The number of hydrogen-bond donors (Lipinski definition) is 0. The predicted molar refractivity (Wildman–Crippen MR) is 51.9 cm³/mol. The van der Waals surface area contributed by atoms with Crippen molar-refractivity contribution in [3.05, 3.63) is 17.7 Å². The molecule has 1 rings (SSSR count). The van der Waals surface area contributed by atoms with Crippen LogP contribution in [0.15, 0.2) is 12.1 Å². The zero-order valence-corrected chi connectivity index (χ0v) is 10.3. The summed E-state index contributed by atoms with van der Waals surface area (Å²) in [6.07, 6.45) is -16.9. The van der Waals surface area contributed by atoms with Crippen LogP contribution >= 0.6 is 0 Å². The molecule has 0 N–H and O–H groups in total. The third kappa shape index (κ3) is 6.52. The topological polar surface area (TPSA) is 44.8 Å². The van der Waals surface area contributed by atoms with Gasteiger partial charge in [-0.3, -0.25) is 4.79 Å². The van der Waals surface area contributed by atoms with Crippen LogP contribution in [0.25, 0.3) is 0 Å². The van der Waals surface area contributed by atoms with E-state index < -0.39 is 48.2 Å². The minimum Gasteiger partial charge on any atom is -0.406 e. The van der Waals surface area contributed by atoms with E-state index in [4.69, 9.17) is 0 Å². The molecule has 0 bridgehead atoms. The van der Waals surface area contributed by atoms with E-state index in [-0.39, 0.29) is 12.1 Å². The lowest BCUT2D eigenvalue weighted by molar-refractivity contribution is -0.278. The van der Waals surface area contributed by atoms with Gasteiger partial charge in [0.1, 0.15) is 17.2 Å². The zero-order chi connectivity index (χ0) is 18.1. The molecule has 0 aromatic heterocycles. The summed E-state index contributed by atoms with van der Waals surface area (Å²) in [6, 6.07) is -0.123. The van der Waals surface area contributed by atoms with E-state index in [0.717, 1.165) is 0 Å². The Hall–Kier alpha value is -2.34. The first-order valence-electron chi connectivity index (χ1n) is 5.10. The van der Waals surface area contributed by atoms with Gasteiger partial charge in [-0.2, -0.15) is 0 Å². The molecule has 0 aliphatic rings. The van der Waals surface area contributed by atoms with Gasteiger partial charge in [-0.15, -0.1) is 39.5 Å². The summed E-state index contributed by atoms with van der Waals surface area (Å²) in [6.45, 7) is 0. The van der Waals surface area contributed by atoms with Crippen molar-refractivity contribution in [1.82, 2.24) is 0 Å². The Balaban J connectivity index is 3.43. The molecule has 1 aromatic rings. The summed E-state index contributed by atoms with van der Waals surface area (Å²) < 4.78 is 119. The number of aldehydes is 1. The van der Waals surface area contributed by atoms with Crippen LogP contribution < -0.4 is 14.2 Å². The van der Waals surface area contributed by atoms with E-state index in [2.05, 4.69) is 14.2 Å². The molecule has 0 aliphatic heterocycles. The molecular formula is C10H3F9O4. The summed E-state index contributed by atoms with van der Waals surface area (Å²) in [5.41, 5.74) is -1.41. The summed E-state index contributed by atoms with van der Waals surface area (Å²) in [4.78, 5) is 10.7. The third-order valence-electron chi connectivity index (χ3n) is 1.88. The fraction of sp³-hybridized carbons (Fsp3) is 0.300. The Kier molecular flexibility index (Phi) is 4.91. The van der Waals surface area contributed by atoms with Crippen LogP contribution in [-0.4, -0.2) is 25.4 Å². The normalized spacial score (nSPS) is 12.7. The van der Waals surface area contributed by atoms with E-state index in [1.807, 2.05) is 0 Å². The fourth-order valence-electron chi connectivity index (χ4n) is 1.30. The second-order valence-corrected chi connectivity index (χ2v) is 3.59. The van der Waals surface area contributed by atoms with Crippen LogP contribution in [0.3, 0.4) is 0 Å². The SMILES string of the molecule is O=Cc1c(OC(F)(F)F)cc(OC(F)(F)F)cc1OC(F)(F)F. The molecule has 23 heavy (non-hydrogen) atoms. The van der Waals surface area contributed by atoms with Gasteiger partial charge >= 0.3 is 19.1 Å². The van der Waals surface area contributed by atoms with Crippen molar-refractivity contribution in [3.63, 3.8) is 0 Å². The van der Waals surface area contributed by atoms with Gasteiger partial charge in [0.2, 0.25) is 0 Å². The molecule has 13 heteroatoms. The van der Waals surface area contributed by atoms with Crippen LogP contribution in [0.5, 0.6) is 17.2 Å². The second kappa shape index (κ2) is 6.04. The lowest BCUT2D eigenvalue weighted by Crippen LogP contribution is -2.22. The fourth-order valence-corrected chi connectivity index (χ4v) is 1.30. The van der Waals surface area contributed by atoms with Crippen LogP contribution in [0.2, 0.25) is 0 Å². The molecule has 0 amide bonds. The van der Waals surface area contributed by atoms with Gasteiger partial charge in [0.05, 0.1) is 5.56 Å². The highest BCUT2D eigenvalue weighted by Crippen LogP contribution is 2.39. The molecule has 0 spiro atoms. The Labute approximate surface area is 120 Å². The molecule has 4 nitrogen and oxygen atoms in total. The maximum Gasteiger partial charge on any atom is 0.573 e. The van der Waals surface area contributed by atoms with Crippen molar-refractivity contribution in [2.45, 2.75) is 19.1 Å². The average Bonchev–Trinajstić information content (AvgIpc) is 2.21. The van der Waals surface area contributed by atoms with Gasteiger partial charge in [0.25, 0.3) is 0 Å². The second-order valence-electron chi connectivity index (χ2n) is 3.59. The molecule has 0 saturated carbocycles. The Morgan fingerprint density at radius 2 is 1.04 bits per heavy atom. The third-order valence-corrected chi connectivity index (χ3v) is 1.88. The Morgan fingerprint density at radius 1 is 0.696 bits per heavy atom. The predicted octanol–water partition coefficient (Wildman–Crippen LogP) is 4.19. The van der Waals surface area contributed by atoms with Crippen molar-refractivity contribution in [3.8, 4) is 17.2 Å². The number of ether oxygens (including phenoxy) is 3. The number of halogens is 9. The van der Waals surface area contributed by atoms with Gasteiger partial charge in [-0.25, -0.2) is 0 Å². The van der Waals surface area contributed by atoms with Crippen LogP contribution in [0.4, 0.5) is 39.5 Å². The van der Waals surface area contributed by atoms with Crippen LogP contribution in [0.1, 0.15) is 10.4 Å². The lowest BCUT2D eigenvalue weighted by Gasteiger charge is -2.17. The highest BCUT2D eigenvalue weighted by molar-refractivity contribution is 5.84. The standard InChI is InChI=1S/C10H3F9O4/c11-8(12,13)21-4-1-6(22-9(14,15)16)5(3-20)7(2-4)23-10(17,18)19/h1-3H. The Morgan fingerprint density at radius 3 is 1.30 bits per heavy atom. The van der Waals surface area contributed by atoms with Crippen molar-refractivity contribution in [1.29, 1.82) is 0 Å². The van der Waals surface area contributed by atoms with E-state index in [1.54, 1.807) is 0 Å². The molecule has 0 radical (unpaired) electrons. The zero-order valence-electron chi connectivity index (χ0n) is 10.3. The van der Waals surface area contributed by atoms with Crippen LogP contribution in [0, 0.1) is 0 Å². The highest BCUT2D eigenvalue weighted by Gasteiger charge is 2.38. The number of carbonyl (C=O) groups is 1. The van der Waals surface area contributed by atoms with Gasteiger partial charge in [0.15, 0.2) is 6.29 Å². The minimum absolute atomic E-state index is 0.0616. The van der Waals surface area contributed by atoms with Gasteiger partial charge in [-0.05, 0) is 0 Å². The average molecular weight is 358 g/mol. The number of rotatable bonds is 4. The molecule has 0 saturated heterocycles. The maximum atomic E-state index is 12.1. The smallest absolute Gasteiger partial charge is 0.406 e. The van der Waals surface area contributed by atoms with Crippen LogP contribution in [-0.2, 0) is 0 Å². The first-order chi connectivity index (χ1) is 10.2. The van der Waals surface area contributed by atoms with Crippen molar-refractivity contribution in [2.75, 3.05) is 0 Å². The molecule has 0 atom stereocenters. The molecule has 0 aliphatic carbocycles. The van der Waals surface area contributed by atoms with Gasteiger partial charge in [0, 0.05) is 12.1 Å². The summed E-state index contributed by atoms with van der Waals surface area (Å²) in [5.74, 6) is -4.83. The maximum absolute atomic E-state index is 12.1. The van der Waals surface area contributed by atoms with E-state index >= 15 is 0 Å². The van der Waals surface area contributed by atoms with E-state index in [1.165, 1.54) is 0 Å². The van der Waals surface area contributed by atoms with Crippen molar-refractivity contribution < 1.29 is 58.5 Å². The minimum atomic E-state index is -5.50. The molecule has 130 valence electrons. The summed E-state index contributed by atoms with van der Waals surface area (Å²) in [7, 11) is 0. The highest BCUT2D eigenvalue weighted by atomic mass is 19.4. The van der Waals surface area contributed by atoms with Crippen molar-refractivity contribution in [2.24, 2.45) is 0 Å². The molecular weight excluding hydrogens is 355 g/mol. The Bertz CT molecular complexity index is 536. The summed E-state index contributed by atoms with van der Waals surface area (Å²) >= 11 is 0. The number of carbonyl (C=O) groups excluding carboxylic acids is 1. The lowest BCUT2D eigenvalue weighted by atomic mass is 10.2. The van der Waals surface area contributed by atoms with Gasteiger partial charge in [-0.1, -0.05) is 0 Å². The van der Waals surface area contributed by atoms with E-state index in [0.29, 0.717) is 0 Å². The molecule has 0 fully saturated rings. The number of hydrogen-bond acceptors (Lipinski definition) is 4. The molecule has 1 aromatic carbocycles. The quantitative estimate of drug-likeness (QED) is 0.598. The van der Waals surface area contributed by atoms with E-state index in [9.17, 15) is 44.3 Å². The molecule has 0 heterocycles. The first-order valence-corrected chi connectivity index (χ1v) is 5.10. The number of benzene rings is 1.